The molecule has 3 N–H and O–H groups in total. The van der Waals surface area contributed by atoms with Crippen molar-refractivity contribution in [1.82, 2.24) is 5.32 Å². The van der Waals surface area contributed by atoms with Gasteiger partial charge in [-0.3, -0.25) is 4.79 Å². The lowest BCUT2D eigenvalue weighted by molar-refractivity contribution is -0.123. The van der Waals surface area contributed by atoms with Crippen LogP contribution in [-0.2, 0) is 4.79 Å². The molecule has 1 aromatic rings. The maximum absolute atomic E-state index is 12.3. The summed E-state index contributed by atoms with van der Waals surface area (Å²) in [5.41, 5.74) is 7.26. The number of anilines is 2. The quantitative estimate of drug-likeness (QED) is 0.814. The minimum Gasteiger partial charge on any atom is -0.399 e. The lowest BCUT2D eigenvalue weighted by Crippen LogP contribution is -2.51. The zero-order valence-electron chi connectivity index (χ0n) is 13.2. The number of carbonyl (C=O) groups is 1. The van der Waals surface area contributed by atoms with Gasteiger partial charge in [-0.25, -0.2) is 0 Å². The van der Waals surface area contributed by atoms with E-state index in [0.717, 1.165) is 24.3 Å². The SMILES string of the molecule is CCCN(c1ccc(N)cc1)C(C)C(=O)NC(C)(C)C. The molecule has 0 aromatic heterocycles. The fourth-order valence-corrected chi connectivity index (χ4v) is 2.07. The van der Waals surface area contributed by atoms with Gasteiger partial charge in [0, 0.05) is 23.5 Å². The highest BCUT2D eigenvalue weighted by Gasteiger charge is 2.24. The molecule has 0 radical (unpaired) electrons. The number of nitrogen functional groups attached to an aromatic ring is 1. The molecule has 0 saturated heterocycles. The van der Waals surface area contributed by atoms with E-state index in [2.05, 4.69) is 17.1 Å². The van der Waals surface area contributed by atoms with E-state index in [-0.39, 0.29) is 17.5 Å². The third-order valence-corrected chi connectivity index (χ3v) is 3.03. The van der Waals surface area contributed by atoms with Gasteiger partial charge in [0.05, 0.1) is 0 Å². The van der Waals surface area contributed by atoms with Crippen molar-refractivity contribution in [3.63, 3.8) is 0 Å². The molecule has 1 unspecified atom stereocenters. The van der Waals surface area contributed by atoms with Gasteiger partial charge in [-0.2, -0.15) is 0 Å². The smallest absolute Gasteiger partial charge is 0.242 e. The average Bonchev–Trinajstić information content (AvgIpc) is 2.34. The molecule has 20 heavy (non-hydrogen) atoms. The van der Waals surface area contributed by atoms with E-state index in [1.807, 2.05) is 52.0 Å². The molecule has 112 valence electrons. The van der Waals surface area contributed by atoms with Crippen LogP contribution in [0.25, 0.3) is 0 Å². The number of benzene rings is 1. The first-order valence-corrected chi connectivity index (χ1v) is 7.19. The van der Waals surface area contributed by atoms with E-state index in [1.165, 1.54) is 0 Å². The second-order valence-electron chi connectivity index (χ2n) is 6.20. The molecular weight excluding hydrogens is 250 g/mol. The number of nitrogens with zero attached hydrogens (tertiary/aromatic N) is 1. The Morgan fingerprint density at radius 1 is 1.30 bits per heavy atom. The van der Waals surface area contributed by atoms with Crippen molar-refractivity contribution in [2.75, 3.05) is 17.2 Å². The molecule has 0 bridgehead atoms. The molecule has 0 spiro atoms. The molecule has 1 aromatic carbocycles. The lowest BCUT2D eigenvalue weighted by atomic mass is 10.1. The van der Waals surface area contributed by atoms with Crippen LogP contribution in [0.4, 0.5) is 11.4 Å². The molecule has 4 heteroatoms. The van der Waals surface area contributed by atoms with Crippen LogP contribution in [-0.4, -0.2) is 24.0 Å². The molecule has 1 amide bonds. The highest BCUT2D eigenvalue weighted by molar-refractivity contribution is 5.85. The van der Waals surface area contributed by atoms with Crippen LogP contribution in [0, 0.1) is 0 Å². The minimum atomic E-state index is -0.218. The summed E-state index contributed by atoms with van der Waals surface area (Å²) < 4.78 is 0. The highest BCUT2D eigenvalue weighted by Crippen LogP contribution is 2.19. The number of nitrogens with two attached hydrogens (primary N) is 1. The van der Waals surface area contributed by atoms with E-state index in [9.17, 15) is 4.79 Å². The number of hydrogen-bond acceptors (Lipinski definition) is 3. The van der Waals surface area contributed by atoms with E-state index in [4.69, 9.17) is 5.73 Å². The number of amides is 1. The molecule has 0 aliphatic carbocycles. The number of rotatable bonds is 5. The van der Waals surface area contributed by atoms with Crippen LogP contribution in [0.2, 0.25) is 0 Å². The first-order valence-electron chi connectivity index (χ1n) is 7.19. The summed E-state index contributed by atoms with van der Waals surface area (Å²) in [6, 6.07) is 7.45. The Morgan fingerprint density at radius 3 is 2.30 bits per heavy atom. The largest absolute Gasteiger partial charge is 0.399 e. The number of carbonyl (C=O) groups excluding carboxylic acids is 1. The fraction of sp³-hybridized carbons (Fsp3) is 0.562. The van der Waals surface area contributed by atoms with Gasteiger partial charge in [0.1, 0.15) is 6.04 Å². The minimum absolute atomic E-state index is 0.0442. The Balaban J connectivity index is 2.90. The third-order valence-electron chi connectivity index (χ3n) is 3.03. The molecule has 0 saturated carbocycles. The molecule has 0 aliphatic heterocycles. The zero-order valence-corrected chi connectivity index (χ0v) is 13.2. The summed E-state index contributed by atoms with van der Waals surface area (Å²) in [5.74, 6) is 0.0442. The maximum Gasteiger partial charge on any atom is 0.242 e. The molecular formula is C16H27N3O. The van der Waals surface area contributed by atoms with Gasteiger partial charge in [-0.05, 0) is 58.4 Å². The van der Waals surface area contributed by atoms with Gasteiger partial charge in [0.25, 0.3) is 0 Å². The number of hydrogen-bond donors (Lipinski definition) is 2. The average molecular weight is 277 g/mol. The Bertz CT molecular complexity index is 434. The van der Waals surface area contributed by atoms with Crippen molar-refractivity contribution in [1.29, 1.82) is 0 Å². The van der Waals surface area contributed by atoms with Gasteiger partial charge in [0.15, 0.2) is 0 Å². The maximum atomic E-state index is 12.3. The third kappa shape index (κ3) is 4.76. The standard InChI is InChI=1S/C16H27N3O/c1-6-11-19(14-9-7-13(17)8-10-14)12(2)15(20)18-16(3,4)5/h7-10,12H,6,11,17H2,1-5H3,(H,18,20). The topological polar surface area (TPSA) is 58.4 Å². The summed E-state index contributed by atoms with van der Waals surface area (Å²) in [4.78, 5) is 14.4. The monoisotopic (exact) mass is 277 g/mol. The van der Waals surface area contributed by atoms with Crippen LogP contribution in [0.3, 0.4) is 0 Å². The Labute approximate surface area is 122 Å². The van der Waals surface area contributed by atoms with Crippen LogP contribution in [0.1, 0.15) is 41.0 Å². The fourth-order valence-electron chi connectivity index (χ4n) is 2.07. The predicted molar refractivity (Wildman–Crippen MR) is 85.8 cm³/mol. The van der Waals surface area contributed by atoms with E-state index < -0.39 is 0 Å². The van der Waals surface area contributed by atoms with E-state index in [1.54, 1.807) is 0 Å². The van der Waals surface area contributed by atoms with Gasteiger partial charge in [-0.1, -0.05) is 6.92 Å². The first kappa shape index (κ1) is 16.3. The van der Waals surface area contributed by atoms with Gasteiger partial charge in [0.2, 0.25) is 5.91 Å². The molecule has 0 heterocycles. The van der Waals surface area contributed by atoms with E-state index in [0.29, 0.717) is 0 Å². The van der Waals surface area contributed by atoms with Crippen LogP contribution in [0.5, 0.6) is 0 Å². The van der Waals surface area contributed by atoms with Crippen molar-refractivity contribution in [3.05, 3.63) is 24.3 Å². The van der Waals surface area contributed by atoms with Gasteiger partial charge >= 0.3 is 0 Å². The Morgan fingerprint density at radius 2 is 1.85 bits per heavy atom. The van der Waals surface area contributed by atoms with Crippen molar-refractivity contribution in [2.45, 2.75) is 52.6 Å². The van der Waals surface area contributed by atoms with Crippen LogP contribution < -0.4 is 16.0 Å². The lowest BCUT2D eigenvalue weighted by Gasteiger charge is -2.32. The molecule has 4 nitrogen and oxygen atoms in total. The summed E-state index contributed by atoms with van der Waals surface area (Å²) in [6.07, 6.45) is 0.984. The summed E-state index contributed by atoms with van der Waals surface area (Å²) in [5, 5.41) is 3.03. The molecule has 0 aliphatic rings. The predicted octanol–water partition coefficient (Wildman–Crippen LogP) is 2.79. The molecule has 1 atom stereocenters. The molecule has 1 rings (SSSR count). The Hall–Kier alpha value is -1.71. The summed E-state index contributed by atoms with van der Waals surface area (Å²) >= 11 is 0. The molecule has 0 fully saturated rings. The summed E-state index contributed by atoms with van der Waals surface area (Å²) in [6.45, 7) is 10.9. The number of nitrogens with one attached hydrogen (secondary N) is 1. The second-order valence-corrected chi connectivity index (χ2v) is 6.20. The van der Waals surface area contributed by atoms with Crippen molar-refractivity contribution in [2.24, 2.45) is 0 Å². The summed E-state index contributed by atoms with van der Waals surface area (Å²) in [7, 11) is 0. The normalized spacial score (nSPS) is 12.8. The van der Waals surface area contributed by atoms with Crippen molar-refractivity contribution >= 4 is 17.3 Å². The highest BCUT2D eigenvalue weighted by atomic mass is 16.2. The van der Waals surface area contributed by atoms with Crippen molar-refractivity contribution < 1.29 is 4.79 Å². The van der Waals surface area contributed by atoms with Gasteiger partial charge in [-0.15, -0.1) is 0 Å². The first-order chi connectivity index (χ1) is 9.24. The van der Waals surface area contributed by atoms with Crippen molar-refractivity contribution in [3.8, 4) is 0 Å². The zero-order chi connectivity index (χ0) is 15.3. The van der Waals surface area contributed by atoms with Crippen LogP contribution in [0.15, 0.2) is 24.3 Å². The van der Waals surface area contributed by atoms with Crippen LogP contribution >= 0.6 is 0 Å². The van der Waals surface area contributed by atoms with Gasteiger partial charge < -0.3 is 16.0 Å². The second kappa shape index (κ2) is 6.64. The Kier molecular flexibility index (Phi) is 5.43. The van der Waals surface area contributed by atoms with E-state index >= 15 is 0 Å².